The summed E-state index contributed by atoms with van der Waals surface area (Å²) in [4.78, 5) is 0. The van der Waals surface area contributed by atoms with Crippen molar-refractivity contribution in [1.82, 2.24) is 9.78 Å². The van der Waals surface area contributed by atoms with Crippen LogP contribution in [0.3, 0.4) is 0 Å². The zero-order valence-electron chi connectivity index (χ0n) is 8.98. The predicted octanol–water partition coefficient (Wildman–Crippen LogP) is 1.74. The lowest BCUT2D eigenvalue weighted by molar-refractivity contribution is 0.515. The number of nitrogens with zero attached hydrogens (tertiary/aromatic N) is 2. The molecule has 0 saturated heterocycles. The minimum absolute atomic E-state index is 0.325. The molecule has 0 aliphatic heterocycles. The molecule has 14 heavy (non-hydrogen) atoms. The van der Waals surface area contributed by atoms with E-state index in [-0.39, 0.29) is 0 Å². The Bertz CT molecular complexity index is 299. The molecule has 2 N–H and O–H groups in total. The molecule has 1 atom stereocenters. The summed E-state index contributed by atoms with van der Waals surface area (Å²) in [5.41, 5.74) is 7.18. The quantitative estimate of drug-likeness (QED) is 0.791. The summed E-state index contributed by atoms with van der Waals surface area (Å²) in [7, 11) is 0. The molecule has 0 amide bonds. The van der Waals surface area contributed by atoms with Gasteiger partial charge in [0.25, 0.3) is 0 Å². The Hall–Kier alpha value is -0.830. The fourth-order valence-corrected chi connectivity index (χ4v) is 1.71. The van der Waals surface area contributed by atoms with E-state index in [1.807, 2.05) is 10.9 Å². The maximum absolute atomic E-state index is 6.05. The van der Waals surface area contributed by atoms with E-state index in [4.69, 9.17) is 5.73 Å². The third kappa shape index (κ3) is 2.15. The Balaban J connectivity index is 1.95. The van der Waals surface area contributed by atoms with Crippen molar-refractivity contribution in [3.05, 3.63) is 18.0 Å². The van der Waals surface area contributed by atoms with E-state index in [9.17, 15) is 0 Å². The second-order valence-electron chi connectivity index (χ2n) is 4.59. The molecule has 1 fully saturated rings. The lowest BCUT2D eigenvalue weighted by Crippen LogP contribution is -2.25. The minimum atomic E-state index is 0.325. The first-order chi connectivity index (χ1) is 6.66. The average Bonchev–Trinajstić information content (AvgIpc) is 2.87. The highest BCUT2D eigenvalue weighted by Crippen LogP contribution is 2.32. The third-order valence-electron chi connectivity index (χ3n) is 2.87. The molecule has 0 spiro atoms. The van der Waals surface area contributed by atoms with Crippen molar-refractivity contribution in [2.75, 3.05) is 0 Å². The van der Waals surface area contributed by atoms with Crippen LogP contribution < -0.4 is 5.73 Å². The Kier molecular flexibility index (Phi) is 2.59. The van der Waals surface area contributed by atoms with Crippen LogP contribution in [0, 0.1) is 5.92 Å². The maximum atomic E-state index is 6.05. The summed E-state index contributed by atoms with van der Waals surface area (Å²) >= 11 is 0. The van der Waals surface area contributed by atoms with E-state index in [2.05, 4.69) is 25.0 Å². The molecule has 1 unspecified atom stereocenters. The van der Waals surface area contributed by atoms with Crippen molar-refractivity contribution < 1.29 is 0 Å². The lowest BCUT2D eigenvalue weighted by Gasteiger charge is -2.08. The standard InChI is InChI=1S/C11H19N3/c1-8(2)14-6-5-10(13-14)7-11(12)9-3-4-9/h5-6,8-9,11H,3-4,7,12H2,1-2H3. The van der Waals surface area contributed by atoms with Crippen LogP contribution in [0.5, 0.6) is 0 Å². The highest BCUT2D eigenvalue weighted by molar-refractivity contribution is 5.03. The molecule has 0 bridgehead atoms. The molecular formula is C11H19N3. The SMILES string of the molecule is CC(C)n1ccc(CC(N)C2CC2)n1. The molecule has 1 saturated carbocycles. The number of nitrogens with two attached hydrogens (primary N) is 1. The molecule has 0 radical (unpaired) electrons. The zero-order valence-corrected chi connectivity index (χ0v) is 8.98. The van der Waals surface area contributed by atoms with Crippen molar-refractivity contribution in [3.8, 4) is 0 Å². The van der Waals surface area contributed by atoms with Gasteiger partial charge in [0, 0.05) is 24.7 Å². The van der Waals surface area contributed by atoms with E-state index in [1.54, 1.807) is 0 Å². The molecule has 1 aliphatic rings. The van der Waals surface area contributed by atoms with E-state index in [0.717, 1.165) is 18.0 Å². The molecule has 1 aromatic heterocycles. The van der Waals surface area contributed by atoms with Gasteiger partial charge in [-0.3, -0.25) is 4.68 Å². The van der Waals surface area contributed by atoms with Crippen LogP contribution in [0.1, 0.15) is 38.4 Å². The topological polar surface area (TPSA) is 43.8 Å². The largest absolute Gasteiger partial charge is 0.327 e. The first kappa shape index (κ1) is 9.71. The maximum Gasteiger partial charge on any atom is 0.0640 e. The highest BCUT2D eigenvalue weighted by atomic mass is 15.3. The van der Waals surface area contributed by atoms with E-state index < -0.39 is 0 Å². The number of aromatic nitrogens is 2. The minimum Gasteiger partial charge on any atom is -0.327 e. The summed E-state index contributed by atoms with van der Waals surface area (Å²) in [5.74, 6) is 0.763. The van der Waals surface area contributed by atoms with E-state index in [1.165, 1.54) is 12.8 Å². The summed E-state index contributed by atoms with van der Waals surface area (Å²) in [6.45, 7) is 4.27. The monoisotopic (exact) mass is 193 g/mol. The average molecular weight is 193 g/mol. The van der Waals surface area contributed by atoms with Crippen LogP contribution in [0.2, 0.25) is 0 Å². The molecule has 1 aliphatic carbocycles. The third-order valence-corrected chi connectivity index (χ3v) is 2.87. The van der Waals surface area contributed by atoms with Crippen LogP contribution >= 0.6 is 0 Å². The summed E-state index contributed by atoms with van der Waals surface area (Å²) in [5, 5.41) is 4.50. The van der Waals surface area contributed by atoms with Crippen molar-refractivity contribution in [1.29, 1.82) is 0 Å². The van der Waals surface area contributed by atoms with Crippen molar-refractivity contribution in [2.45, 2.75) is 45.2 Å². The van der Waals surface area contributed by atoms with Gasteiger partial charge in [0.15, 0.2) is 0 Å². The summed E-state index contributed by atoms with van der Waals surface area (Å²) in [6.07, 6.45) is 5.60. The predicted molar refractivity (Wildman–Crippen MR) is 57.0 cm³/mol. The Morgan fingerprint density at radius 2 is 2.29 bits per heavy atom. The zero-order chi connectivity index (χ0) is 10.1. The molecule has 78 valence electrons. The van der Waals surface area contributed by atoms with Gasteiger partial charge in [0.1, 0.15) is 0 Å². The molecule has 0 aromatic carbocycles. The summed E-state index contributed by atoms with van der Waals surface area (Å²) < 4.78 is 1.99. The molecule has 3 heteroatoms. The fraction of sp³-hybridized carbons (Fsp3) is 0.727. The van der Waals surface area contributed by atoms with Gasteiger partial charge in [0.2, 0.25) is 0 Å². The molecular weight excluding hydrogens is 174 g/mol. The van der Waals surface area contributed by atoms with Crippen LogP contribution in [0.4, 0.5) is 0 Å². The first-order valence-electron chi connectivity index (χ1n) is 5.46. The second-order valence-corrected chi connectivity index (χ2v) is 4.59. The fourth-order valence-electron chi connectivity index (χ4n) is 1.71. The van der Waals surface area contributed by atoms with Gasteiger partial charge in [-0.2, -0.15) is 5.10 Å². The van der Waals surface area contributed by atoms with Crippen molar-refractivity contribution >= 4 is 0 Å². The second kappa shape index (κ2) is 3.73. The Labute approximate surface area is 85.3 Å². The Morgan fingerprint density at radius 1 is 1.57 bits per heavy atom. The van der Waals surface area contributed by atoms with E-state index >= 15 is 0 Å². The van der Waals surface area contributed by atoms with Crippen LogP contribution in [-0.4, -0.2) is 15.8 Å². The highest BCUT2D eigenvalue weighted by Gasteiger charge is 2.28. The lowest BCUT2D eigenvalue weighted by atomic mass is 10.1. The smallest absolute Gasteiger partial charge is 0.0640 e. The molecule has 2 rings (SSSR count). The van der Waals surface area contributed by atoms with Crippen molar-refractivity contribution in [2.24, 2.45) is 11.7 Å². The number of rotatable bonds is 4. The normalized spacial score (nSPS) is 18.9. The van der Waals surface area contributed by atoms with Gasteiger partial charge in [-0.15, -0.1) is 0 Å². The van der Waals surface area contributed by atoms with Gasteiger partial charge in [0.05, 0.1) is 5.69 Å². The van der Waals surface area contributed by atoms with Crippen LogP contribution in [0.25, 0.3) is 0 Å². The Morgan fingerprint density at radius 3 is 2.79 bits per heavy atom. The first-order valence-corrected chi connectivity index (χ1v) is 5.46. The van der Waals surface area contributed by atoms with Gasteiger partial charge in [-0.25, -0.2) is 0 Å². The van der Waals surface area contributed by atoms with E-state index in [0.29, 0.717) is 12.1 Å². The van der Waals surface area contributed by atoms with Crippen LogP contribution in [0.15, 0.2) is 12.3 Å². The van der Waals surface area contributed by atoms with Gasteiger partial charge in [-0.05, 0) is 38.7 Å². The summed E-state index contributed by atoms with van der Waals surface area (Å²) in [6, 6.07) is 2.86. The number of hydrogen-bond donors (Lipinski definition) is 1. The molecule has 1 heterocycles. The van der Waals surface area contributed by atoms with Gasteiger partial charge < -0.3 is 5.73 Å². The number of hydrogen-bond acceptors (Lipinski definition) is 2. The van der Waals surface area contributed by atoms with Gasteiger partial charge in [-0.1, -0.05) is 0 Å². The molecule has 3 nitrogen and oxygen atoms in total. The molecule has 1 aromatic rings. The van der Waals surface area contributed by atoms with Crippen LogP contribution in [-0.2, 0) is 6.42 Å². The van der Waals surface area contributed by atoms with Gasteiger partial charge >= 0.3 is 0 Å². The van der Waals surface area contributed by atoms with Crippen molar-refractivity contribution in [3.63, 3.8) is 0 Å².